The molecule has 2 aromatic carbocycles. The summed E-state index contributed by atoms with van der Waals surface area (Å²) in [5, 5.41) is 15.5. The lowest BCUT2D eigenvalue weighted by Crippen LogP contribution is -2.38. The van der Waals surface area contributed by atoms with E-state index in [0.29, 0.717) is 91.7 Å². The number of Topliss-reactive ketones (excluding diaryl/α,β-unsaturated/α-hetero) is 3. The van der Waals surface area contributed by atoms with Crippen LogP contribution in [-0.2, 0) is 51.6 Å². The average Bonchev–Trinajstić information content (AvgIpc) is 3.33. The molecule has 0 spiro atoms. The molecule has 1 aliphatic heterocycles. The van der Waals surface area contributed by atoms with E-state index in [1.807, 2.05) is 25.1 Å². The molecule has 0 aromatic heterocycles. The van der Waals surface area contributed by atoms with Gasteiger partial charge in [0.2, 0.25) is 45.1 Å². The molecule has 1 heterocycles. The van der Waals surface area contributed by atoms with Gasteiger partial charge in [0.05, 0.1) is 24.2 Å². The molecule has 5 aliphatic rings. The zero-order valence-electron chi connectivity index (χ0n) is 39.5. The summed E-state index contributed by atoms with van der Waals surface area (Å²) in [4.78, 5) is 104. The highest BCUT2D eigenvalue weighted by Gasteiger charge is 2.32. The molecule has 366 valence electrons. The van der Waals surface area contributed by atoms with Crippen LogP contribution in [0.25, 0.3) is 0 Å². The van der Waals surface area contributed by atoms with E-state index in [4.69, 9.17) is 0 Å². The first-order valence-corrected chi connectivity index (χ1v) is 23.5. The summed E-state index contributed by atoms with van der Waals surface area (Å²) in [5.41, 5.74) is 6.30. The van der Waals surface area contributed by atoms with Gasteiger partial charge in [0.25, 0.3) is 0 Å². The van der Waals surface area contributed by atoms with Crippen LogP contribution in [0.15, 0.2) is 112 Å². The van der Waals surface area contributed by atoms with E-state index in [9.17, 15) is 51.6 Å². The number of ether oxygens (including phenoxy) is 1. The molecule has 0 saturated carbocycles. The molecule has 0 atom stereocenters. The Hall–Kier alpha value is -7.58. The number of fused-ring (bicyclic) bond motifs is 2. The minimum absolute atomic E-state index is 0.0388. The maximum absolute atomic E-state index is 12.3. The number of hydrogen-bond acceptors (Lipinski definition) is 12. The van der Waals surface area contributed by atoms with Gasteiger partial charge in [-0.15, -0.1) is 0 Å². The fourth-order valence-corrected chi connectivity index (χ4v) is 7.92. The van der Waals surface area contributed by atoms with Crippen molar-refractivity contribution >= 4 is 68.7 Å². The minimum atomic E-state index is -3.65. The number of anilines is 1. The minimum Gasteiger partial charge on any atom is -0.453 e. The second-order valence-electron chi connectivity index (χ2n) is 15.7. The van der Waals surface area contributed by atoms with Crippen molar-refractivity contribution in [3.63, 3.8) is 0 Å². The van der Waals surface area contributed by atoms with E-state index >= 15 is 0 Å². The second-order valence-corrected chi connectivity index (χ2v) is 17.9. The molecule has 20 heteroatoms. The van der Waals surface area contributed by atoms with E-state index in [1.54, 1.807) is 63.3 Å². The van der Waals surface area contributed by atoms with Crippen LogP contribution >= 0.6 is 0 Å². The van der Waals surface area contributed by atoms with Crippen LogP contribution in [0.3, 0.4) is 0 Å². The van der Waals surface area contributed by atoms with Crippen LogP contribution in [-0.4, -0.2) is 93.5 Å². The number of methoxy groups -OCH3 is 1. The summed E-state index contributed by atoms with van der Waals surface area (Å²) < 4.78 is 29.5. The van der Waals surface area contributed by atoms with Gasteiger partial charge in [-0.1, -0.05) is 74.5 Å². The van der Waals surface area contributed by atoms with Crippen molar-refractivity contribution in [2.75, 3.05) is 33.1 Å². The molecule has 0 bridgehead atoms. The summed E-state index contributed by atoms with van der Waals surface area (Å²) in [5.74, 6) is -1.55. The monoisotopic (exact) mass is 967 g/mol. The molecule has 69 heavy (non-hydrogen) atoms. The zero-order valence-corrected chi connectivity index (χ0v) is 40.4. The third-order valence-electron chi connectivity index (χ3n) is 10.8. The van der Waals surface area contributed by atoms with Crippen LogP contribution in [0.1, 0.15) is 98.1 Å². The molecule has 0 radical (unpaired) electrons. The van der Waals surface area contributed by atoms with Crippen LogP contribution < -0.4 is 31.9 Å². The summed E-state index contributed by atoms with van der Waals surface area (Å²) in [7, 11) is 0.466. The van der Waals surface area contributed by atoms with Gasteiger partial charge in [0.15, 0.2) is 5.78 Å². The lowest BCUT2D eigenvalue weighted by atomic mass is 9.92. The second kappa shape index (κ2) is 25.0. The van der Waals surface area contributed by atoms with Crippen molar-refractivity contribution in [3.05, 3.63) is 134 Å². The maximum Gasteiger partial charge on any atom is 0.411 e. The number of carbonyl (C=O) groups excluding carboxylic acids is 9. The Balaban J connectivity index is 0.000000202. The highest BCUT2D eigenvalue weighted by molar-refractivity contribution is 7.94. The van der Waals surface area contributed by atoms with Crippen molar-refractivity contribution in [1.29, 1.82) is 0 Å². The normalized spacial score (nSPS) is 15.8. The van der Waals surface area contributed by atoms with E-state index in [-0.39, 0.29) is 57.4 Å². The molecule has 6 N–H and O–H groups in total. The van der Waals surface area contributed by atoms with Gasteiger partial charge in [-0.05, 0) is 67.9 Å². The molecule has 0 fully saturated rings. The first kappa shape index (κ1) is 54.0. The number of sulfonamides is 1. The highest BCUT2D eigenvalue weighted by atomic mass is 32.2. The Kier molecular flexibility index (Phi) is 19.6. The van der Waals surface area contributed by atoms with Gasteiger partial charge >= 0.3 is 12.1 Å². The fraction of sp³-hybridized carbons (Fsp3) is 0.327. The third kappa shape index (κ3) is 14.5. The lowest BCUT2D eigenvalue weighted by molar-refractivity contribution is -0.123. The van der Waals surface area contributed by atoms with Gasteiger partial charge in [0, 0.05) is 74.9 Å². The van der Waals surface area contributed by atoms with Gasteiger partial charge in [-0.2, -0.15) is 0 Å². The number of nitrogens with zero attached hydrogens (tertiary/aromatic N) is 1. The van der Waals surface area contributed by atoms with Gasteiger partial charge < -0.3 is 31.3 Å². The van der Waals surface area contributed by atoms with Gasteiger partial charge in [0.1, 0.15) is 4.91 Å². The number of benzene rings is 2. The number of urea groups is 1. The maximum atomic E-state index is 12.3. The standard InChI is InChI=1S/C15H16N2O4.C12H14N2O3.C12H13NO3S.C10H14N2O2/c1-3-13(18)16-12-8-7-9-10(14(12)19)5-4-6-11(9)17-15(20)21-2;1-2-9(15)13-8-5-3-7-4-6-10(16)14-11(7)12(8)17;1-13(2)17(15,16)11-8-7-9-5-3-4-6-10(9)12(11)14;1-3-11-10(14)12-8-5-4-7(2)9(13)6-8/h4-6,8H,3,7H2,1-2H3,(H,16,18)(H,17,20);5H,2-4,6H2,1H3,(H,13,15)(H,14,16);3-6,8H,7H2,1-2H3;4,6H,3,5H2,1-2H3,(H2,11,12,14). The first-order chi connectivity index (χ1) is 32.7. The molecular weight excluding hydrogens is 911 g/mol. The predicted molar refractivity (Wildman–Crippen MR) is 256 cm³/mol. The first-order valence-electron chi connectivity index (χ1n) is 22.1. The molecule has 6 amide bonds. The highest BCUT2D eigenvalue weighted by Crippen LogP contribution is 2.29. The summed E-state index contributed by atoms with van der Waals surface area (Å²) >= 11 is 0. The molecule has 0 saturated heterocycles. The van der Waals surface area contributed by atoms with E-state index < -0.39 is 21.9 Å². The van der Waals surface area contributed by atoms with Crippen molar-refractivity contribution in [2.24, 2.45) is 0 Å². The molecule has 7 rings (SSSR count). The zero-order chi connectivity index (χ0) is 51.0. The molecule has 0 unspecified atom stereocenters. The smallest absolute Gasteiger partial charge is 0.411 e. The summed E-state index contributed by atoms with van der Waals surface area (Å²) in [6, 6.07) is 11.9. The number of carbonyl (C=O) groups is 9. The quantitative estimate of drug-likeness (QED) is 0.197. The van der Waals surface area contributed by atoms with Crippen molar-refractivity contribution in [2.45, 2.75) is 79.1 Å². The predicted octanol–water partition coefficient (Wildman–Crippen LogP) is 4.86. The van der Waals surface area contributed by atoms with E-state index in [1.165, 1.54) is 33.4 Å². The fourth-order valence-electron chi connectivity index (χ4n) is 6.89. The Morgan fingerprint density at radius 3 is 1.97 bits per heavy atom. The number of allylic oxidation sites excluding steroid dienone is 9. The average molecular weight is 968 g/mol. The topological polar surface area (TPSA) is 272 Å². The third-order valence-corrected chi connectivity index (χ3v) is 12.6. The van der Waals surface area contributed by atoms with Crippen molar-refractivity contribution < 1.29 is 56.3 Å². The Bertz CT molecular complexity index is 2740. The Morgan fingerprint density at radius 2 is 1.35 bits per heavy atom. The molecular formula is C49H57N7O12S. The van der Waals surface area contributed by atoms with Crippen molar-refractivity contribution in [1.82, 2.24) is 30.9 Å². The van der Waals surface area contributed by atoms with Crippen LogP contribution in [0.2, 0.25) is 0 Å². The van der Waals surface area contributed by atoms with Gasteiger partial charge in [-0.25, -0.2) is 22.3 Å². The van der Waals surface area contributed by atoms with Gasteiger partial charge in [-0.3, -0.25) is 38.9 Å². The SMILES string of the molecule is CCC(=O)NC1=CCC2=C(NC(=O)CC2)C1=O.CCC(=O)NC1=CCc2c(NC(=O)OC)cccc2C1=O.CCNC(=O)NC1=CC(=O)C(C)=CC1.CN(C)S(=O)(=O)C1=CCc2ccccc2C1=O. The number of hydrogen-bond donors (Lipinski definition) is 6. The Morgan fingerprint density at radius 1 is 0.710 bits per heavy atom. The van der Waals surface area contributed by atoms with E-state index in [2.05, 4.69) is 36.6 Å². The number of rotatable bonds is 9. The number of ketones is 4. The summed E-state index contributed by atoms with van der Waals surface area (Å²) in [6.07, 6.45) is 11.4. The molecule has 19 nitrogen and oxygen atoms in total. The van der Waals surface area contributed by atoms with Crippen LogP contribution in [0.5, 0.6) is 0 Å². The Labute approximate surface area is 400 Å². The van der Waals surface area contributed by atoms with Crippen molar-refractivity contribution in [3.8, 4) is 0 Å². The summed E-state index contributed by atoms with van der Waals surface area (Å²) in [6.45, 7) is 7.61. The largest absolute Gasteiger partial charge is 0.453 e. The van der Waals surface area contributed by atoms with Crippen LogP contribution in [0.4, 0.5) is 15.3 Å². The lowest BCUT2D eigenvalue weighted by Gasteiger charge is -2.24. The molecule has 2 aromatic rings. The molecule has 4 aliphatic carbocycles. The van der Waals surface area contributed by atoms with Crippen LogP contribution in [0, 0.1) is 0 Å². The number of nitrogens with one attached hydrogen (secondary N) is 6. The van der Waals surface area contributed by atoms with E-state index in [0.717, 1.165) is 21.0 Å². The number of amides is 6.